The van der Waals surface area contributed by atoms with Gasteiger partial charge in [0.1, 0.15) is 5.01 Å². The number of aromatic nitrogens is 1. The second-order valence-electron chi connectivity index (χ2n) is 7.33. The average Bonchev–Trinajstić information content (AvgIpc) is 3.35. The Labute approximate surface area is 190 Å². The van der Waals surface area contributed by atoms with Crippen LogP contribution in [-0.2, 0) is 4.74 Å². The maximum atomic E-state index is 13.6. The van der Waals surface area contributed by atoms with E-state index in [2.05, 4.69) is 4.98 Å². The molecule has 3 rings (SSSR count). The Morgan fingerprint density at radius 2 is 1.66 bits per heavy atom. The van der Waals surface area contributed by atoms with Crippen molar-refractivity contribution in [3.63, 3.8) is 0 Å². The summed E-state index contributed by atoms with van der Waals surface area (Å²) in [4.78, 5) is 30.7. The maximum absolute atomic E-state index is 13.6. The van der Waals surface area contributed by atoms with Gasteiger partial charge in [-0.05, 0) is 30.2 Å². The van der Waals surface area contributed by atoms with Gasteiger partial charge in [0.15, 0.2) is 17.3 Å². The molecule has 0 aliphatic heterocycles. The first-order valence-corrected chi connectivity index (χ1v) is 10.8. The third kappa shape index (κ3) is 4.91. The van der Waals surface area contributed by atoms with Crippen LogP contribution < -0.4 is 14.2 Å². The molecule has 3 aromatic rings. The van der Waals surface area contributed by atoms with Gasteiger partial charge in [0.05, 0.1) is 33.5 Å². The second kappa shape index (κ2) is 10.3. The van der Waals surface area contributed by atoms with Gasteiger partial charge in [-0.2, -0.15) is 0 Å². The normalized spacial score (nSPS) is 10.7. The van der Waals surface area contributed by atoms with Gasteiger partial charge in [0.2, 0.25) is 5.75 Å². The fourth-order valence-corrected chi connectivity index (χ4v) is 3.73. The molecule has 0 amide bonds. The summed E-state index contributed by atoms with van der Waals surface area (Å²) < 4.78 is 21.5. The number of carbonyl (C=O) groups is 2. The van der Waals surface area contributed by atoms with Crippen molar-refractivity contribution < 1.29 is 28.5 Å². The molecule has 8 heteroatoms. The van der Waals surface area contributed by atoms with E-state index in [0.717, 1.165) is 10.6 Å². The van der Waals surface area contributed by atoms with Crippen LogP contribution in [0.2, 0.25) is 0 Å². The van der Waals surface area contributed by atoms with Crippen LogP contribution in [0, 0.1) is 5.92 Å². The van der Waals surface area contributed by atoms with Crippen molar-refractivity contribution in [2.75, 3.05) is 27.9 Å². The Balaban J connectivity index is 2.12. The Kier molecular flexibility index (Phi) is 7.48. The lowest BCUT2D eigenvalue weighted by atomic mass is 9.95. The van der Waals surface area contributed by atoms with E-state index in [1.807, 2.05) is 19.2 Å². The van der Waals surface area contributed by atoms with Crippen molar-refractivity contribution in [2.24, 2.45) is 5.92 Å². The number of methoxy groups -OCH3 is 3. The number of esters is 1. The molecule has 7 nitrogen and oxygen atoms in total. The predicted octanol–water partition coefficient (Wildman–Crippen LogP) is 4.88. The minimum atomic E-state index is -0.555. The molecule has 0 fully saturated rings. The third-order valence-corrected chi connectivity index (χ3v) is 5.46. The van der Waals surface area contributed by atoms with Crippen LogP contribution in [0.4, 0.5) is 0 Å². The topological polar surface area (TPSA) is 84.0 Å². The molecule has 0 aliphatic carbocycles. The number of hydrogen-bond donors (Lipinski definition) is 0. The maximum Gasteiger partial charge on any atom is 0.338 e. The quantitative estimate of drug-likeness (QED) is 0.336. The van der Waals surface area contributed by atoms with Gasteiger partial charge in [0.25, 0.3) is 0 Å². The summed E-state index contributed by atoms with van der Waals surface area (Å²) in [7, 11) is 4.44. The Morgan fingerprint density at radius 1 is 0.969 bits per heavy atom. The van der Waals surface area contributed by atoms with Crippen molar-refractivity contribution in [1.29, 1.82) is 0 Å². The highest BCUT2D eigenvalue weighted by molar-refractivity contribution is 7.13. The largest absolute Gasteiger partial charge is 0.493 e. The van der Waals surface area contributed by atoms with E-state index in [9.17, 15) is 9.59 Å². The van der Waals surface area contributed by atoms with E-state index < -0.39 is 5.97 Å². The molecule has 168 valence electrons. The van der Waals surface area contributed by atoms with Gasteiger partial charge in [-0.3, -0.25) is 4.79 Å². The van der Waals surface area contributed by atoms with Gasteiger partial charge in [0, 0.05) is 28.3 Å². The lowest BCUT2D eigenvalue weighted by molar-refractivity contribution is 0.0456. The lowest BCUT2D eigenvalue weighted by Crippen LogP contribution is -2.15. The molecule has 0 saturated heterocycles. The third-order valence-electron chi connectivity index (χ3n) is 4.64. The van der Waals surface area contributed by atoms with Crippen molar-refractivity contribution in [1.82, 2.24) is 4.98 Å². The fraction of sp³-hybridized carbons (Fsp3) is 0.292. The zero-order valence-corrected chi connectivity index (χ0v) is 19.4. The number of nitrogens with zero attached hydrogens (tertiary/aromatic N) is 1. The summed E-state index contributed by atoms with van der Waals surface area (Å²) in [5.74, 6) is 0.298. The molecule has 0 atom stereocenters. The number of thiazole rings is 1. The standard InChI is InChI=1S/C24H25NO6S/c1-14(2)13-31-24(27)17-7-6-15(23-25-8-9-32-23)10-18(17)21(26)16-11-19(28-3)22(30-5)20(12-16)29-4/h6-12,14H,13H2,1-5H3. The van der Waals surface area contributed by atoms with Crippen LogP contribution in [0.3, 0.4) is 0 Å². The number of benzene rings is 2. The lowest BCUT2D eigenvalue weighted by Gasteiger charge is -2.15. The van der Waals surface area contributed by atoms with Crippen LogP contribution in [0.25, 0.3) is 10.6 Å². The Hall–Kier alpha value is -3.39. The zero-order valence-electron chi connectivity index (χ0n) is 18.6. The van der Waals surface area contributed by atoms with Gasteiger partial charge in [-0.15, -0.1) is 11.3 Å². The van der Waals surface area contributed by atoms with Crippen LogP contribution >= 0.6 is 11.3 Å². The van der Waals surface area contributed by atoms with E-state index in [1.54, 1.807) is 36.5 Å². The van der Waals surface area contributed by atoms with E-state index in [0.29, 0.717) is 17.2 Å². The molecule has 0 aliphatic rings. The molecule has 0 saturated carbocycles. The predicted molar refractivity (Wildman–Crippen MR) is 122 cm³/mol. The molecule has 0 bridgehead atoms. The SMILES string of the molecule is COc1cc(C(=O)c2cc(-c3nccs3)ccc2C(=O)OCC(C)C)cc(OC)c1OC. The van der Waals surface area contributed by atoms with E-state index in [4.69, 9.17) is 18.9 Å². The summed E-state index contributed by atoms with van der Waals surface area (Å²) in [6, 6.07) is 8.14. The van der Waals surface area contributed by atoms with Gasteiger partial charge < -0.3 is 18.9 Å². The van der Waals surface area contributed by atoms with Gasteiger partial charge in [-0.1, -0.05) is 19.9 Å². The highest BCUT2D eigenvalue weighted by Crippen LogP contribution is 2.39. The summed E-state index contributed by atoms with van der Waals surface area (Å²) in [5.41, 5.74) is 1.41. The molecule has 0 radical (unpaired) electrons. The molecule has 1 heterocycles. The molecule has 2 aromatic carbocycles. The summed E-state index contributed by atoms with van der Waals surface area (Å²) in [5, 5.41) is 2.59. The summed E-state index contributed by atoms with van der Waals surface area (Å²) in [6.07, 6.45) is 1.69. The first kappa shape index (κ1) is 23.3. The smallest absolute Gasteiger partial charge is 0.338 e. The second-order valence-corrected chi connectivity index (χ2v) is 8.23. The number of ketones is 1. The van der Waals surface area contributed by atoms with Gasteiger partial charge in [-0.25, -0.2) is 9.78 Å². The molecule has 32 heavy (non-hydrogen) atoms. The molecule has 1 aromatic heterocycles. The Morgan fingerprint density at radius 3 is 2.19 bits per heavy atom. The first-order valence-electron chi connectivity index (χ1n) is 9.95. The van der Waals surface area contributed by atoms with Crippen molar-refractivity contribution in [2.45, 2.75) is 13.8 Å². The highest BCUT2D eigenvalue weighted by atomic mass is 32.1. The van der Waals surface area contributed by atoms with Crippen molar-refractivity contribution >= 4 is 23.1 Å². The van der Waals surface area contributed by atoms with Gasteiger partial charge >= 0.3 is 5.97 Å². The summed E-state index contributed by atoms with van der Waals surface area (Å²) in [6.45, 7) is 4.15. The monoisotopic (exact) mass is 455 g/mol. The molecular weight excluding hydrogens is 430 g/mol. The number of rotatable bonds is 9. The molecule has 0 spiro atoms. The van der Waals surface area contributed by atoms with Crippen LogP contribution in [0.5, 0.6) is 17.2 Å². The average molecular weight is 456 g/mol. The van der Waals surface area contributed by atoms with Crippen LogP contribution in [-0.4, -0.2) is 44.7 Å². The highest BCUT2D eigenvalue weighted by Gasteiger charge is 2.24. The van der Waals surface area contributed by atoms with E-state index in [-0.39, 0.29) is 35.0 Å². The van der Waals surface area contributed by atoms with Crippen molar-refractivity contribution in [3.05, 3.63) is 58.6 Å². The van der Waals surface area contributed by atoms with Crippen molar-refractivity contribution in [3.8, 4) is 27.8 Å². The Bertz CT molecular complexity index is 1080. The van der Waals surface area contributed by atoms with Crippen LogP contribution in [0.1, 0.15) is 40.1 Å². The van der Waals surface area contributed by atoms with E-state index >= 15 is 0 Å². The molecular formula is C24H25NO6S. The summed E-state index contributed by atoms with van der Waals surface area (Å²) >= 11 is 1.44. The first-order chi connectivity index (χ1) is 15.4. The van der Waals surface area contributed by atoms with Crippen LogP contribution in [0.15, 0.2) is 41.9 Å². The molecule has 0 unspecified atom stereocenters. The fourth-order valence-electron chi connectivity index (χ4n) is 3.10. The number of ether oxygens (including phenoxy) is 4. The number of hydrogen-bond acceptors (Lipinski definition) is 8. The minimum Gasteiger partial charge on any atom is -0.493 e. The zero-order chi connectivity index (χ0) is 23.3. The minimum absolute atomic E-state index is 0.169. The van der Waals surface area contributed by atoms with E-state index in [1.165, 1.54) is 32.7 Å². The number of carbonyl (C=O) groups excluding carboxylic acids is 2. The molecule has 0 N–H and O–H groups in total.